The van der Waals surface area contributed by atoms with Gasteiger partial charge >= 0.3 is 0 Å². The van der Waals surface area contributed by atoms with Crippen LogP contribution in [0.1, 0.15) is 44.1 Å². The number of aromatic nitrogens is 3. The lowest BCUT2D eigenvalue weighted by Gasteiger charge is -2.17. The first kappa shape index (κ1) is 34.0. The van der Waals surface area contributed by atoms with Crippen LogP contribution in [0.25, 0.3) is 0 Å². The van der Waals surface area contributed by atoms with Crippen molar-refractivity contribution in [3.05, 3.63) is 11.9 Å². The van der Waals surface area contributed by atoms with E-state index in [-0.39, 0.29) is 43.7 Å². The molecular weight excluding hydrogens is 521 g/mol. The second kappa shape index (κ2) is 20.1. The zero-order chi connectivity index (χ0) is 28.2. The van der Waals surface area contributed by atoms with Gasteiger partial charge in [-0.15, -0.1) is 5.10 Å². The molecule has 1 aliphatic heterocycles. The van der Waals surface area contributed by atoms with Crippen molar-refractivity contribution in [2.24, 2.45) is 0 Å². The van der Waals surface area contributed by atoms with E-state index < -0.39 is 45.6 Å². The Kier molecular flexibility index (Phi) is 18.5. The maximum Gasteiger partial charge on any atom is 0.225 e. The van der Waals surface area contributed by atoms with Crippen molar-refractivity contribution in [2.75, 3.05) is 39.8 Å². The average molecular weight is 552 g/mol. The number of hydrogen-bond acceptors (Lipinski definition) is 6. The molecule has 10 nitrogen and oxygen atoms in total. The second-order valence-corrected chi connectivity index (χ2v) is 7.32. The number of carbonyl (C=O) groups is 3. The third-order valence-electron chi connectivity index (χ3n) is 4.37. The lowest BCUT2D eigenvalue weighted by Crippen LogP contribution is -2.34. The number of alkyl halides is 7. The van der Waals surface area contributed by atoms with Crippen LogP contribution in [0.4, 0.5) is 30.7 Å². The third kappa shape index (κ3) is 15.7. The predicted octanol–water partition coefficient (Wildman–Crippen LogP) is 1.71. The highest BCUT2D eigenvalue weighted by molar-refractivity contribution is 5.79. The van der Waals surface area contributed by atoms with Crippen molar-refractivity contribution in [3.63, 3.8) is 0 Å². The highest BCUT2D eigenvalue weighted by atomic mass is 19.2. The quantitative estimate of drug-likeness (QED) is 0.253. The third-order valence-corrected chi connectivity index (χ3v) is 4.37. The average Bonchev–Trinajstić information content (AvgIpc) is 3.55. The summed E-state index contributed by atoms with van der Waals surface area (Å²) in [5.74, 6) is -0.895. The first-order chi connectivity index (χ1) is 17.6. The van der Waals surface area contributed by atoms with E-state index in [0.29, 0.717) is 31.5 Å². The molecule has 0 aromatic carbocycles. The number of hydrogen-bond donors (Lipinski definition) is 3. The Bertz CT molecular complexity index is 790. The maximum atomic E-state index is 12.9. The minimum atomic E-state index is -2.28. The molecule has 2 heterocycles. The molecule has 0 spiro atoms. The Morgan fingerprint density at radius 3 is 2.08 bits per heavy atom. The van der Waals surface area contributed by atoms with Crippen LogP contribution >= 0.6 is 0 Å². The monoisotopic (exact) mass is 552 g/mol. The minimum Gasteiger partial charge on any atom is -0.362 e. The number of carbonyl (C=O) groups excluding carboxylic acids is 3. The van der Waals surface area contributed by atoms with E-state index in [2.05, 4.69) is 20.9 Å². The normalized spacial score (nSPS) is 15.0. The Labute approximate surface area is 208 Å². The molecule has 1 aromatic heterocycles. The molecule has 214 valence electrons. The van der Waals surface area contributed by atoms with Gasteiger partial charge in [0.15, 0.2) is 0 Å². The molecule has 0 bridgehead atoms. The van der Waals surface area contributed by atoms with Crippen molar-refractivity contribution >= 4 is 17.7 Å². The number of aliphatic hydroxyl groups excluding tert-OH is 1. The van der Waals surface area contributed by atoms with Crippen molar-refractivity contribution in [1.82, 2.24) is 30.5 Å². The fourth-order valence-electron chi connectivity index (χ4n) is 2.61. The van der Waals surface area contributed by atoms with Crippen LogP contribution in [0, 0.1) is 0 Å². The topological polar surface area (TPSA) is 129 Å². The lowest BCUT2D eigenvalue weighted by atomic mass is 10.2. The Hall–Kier alpha value is -2.98. The van der Waals surface area contributed by atoms with E-state index in [1.54, 1.807) is 0 Å². The van der Waals surface area contributed by atoms with E-state index in [0.717, 1.165) is 9.58 Å². The Morgan fingerprint density at radius 2 is 1.59 bits per heavy atom. The first-order valence-corrected chi connectivity index (χ1v) is 11.2. The van der Waals surface area contributed by atoms with E-state index in [1.807, 2.05) is 0 Å². The van der Waals surface area contributed by atoms with Crippen molar-refractivity contribution < 1.29 is 50.2 Å². The Morgan fingerprint density at radius 1 is 1.00 bits per heavy atom. The van der Waals surface area contributed by atoms with Gasteiger partial charge in [-0.2, -0.15) is 0 Å². The van der Waals surface area contributed by atoms with Crippen LogP contribution in [0.5, 0.6) is 0 Å². The van der Waals surface area contributed by atoms with Gasteiger partial charge in [0.1, 0.15) is 32.4 Å². The molecular formula is C20H31F7N6O4. The molecule has 0 radical (unpaired) electrons. The largest absolute Gasteiger partial charge is 0.362 e. The SMILES string of the molecule is O=C(CCCC(=O)NCc1cn(C(F)CF)nn1)NCCF.O=C1CCCN1C(F)CF.OC(F)CF. The van der Waals surface area contributed by atoms with Crippen LogP contribution in [0.2, 0.25) is 0 Å². The summed E-state index contributed by atoms with van der Waals surface area (Å²) in [6.07, 6.45) is -3.10. The molecule has 3 atom stereocenters. The molecule has 1 aromatic rings. The van der Waals surface area contributed by atoms with Gasteiger partial charge in [0.25, 0.3) is 0 Å². The van der Waals surface area contributed by atoms with Gasteiger partial charge in [-0.05, 0) is 12.8 Å². The molecule has 1 fully saturated rings. The number of nitrogens with zero attached hydrogens (tertiary/aromatic N) is 4. The van der Waals surface area contributed by atoms with Gasteiger partial charge < -0.3 is 20.6 Å². The van der Waals surface area contributed by atoms with Gasteiger partial charge in [-0.25, -0.2) is 35.4 Å². The molecule has 1 aliphatic rings. The molecule has 0 saturated carbocycles. The summed E-state index contributed by atoms with van der Waals surface area (Å²) in [4.78, 5) is 34.3. The zero-order valence-electron chi connectivity index (χ0n) is 19.9. The molecule has 3 N–H and O–H groups in total. The Balaban J connectivity index is 0.000000706. The molecule has 17 heteroatoms. The number of amides is 3. The number of halogens is 7. The smallest absolute Gasteiger partial charge is 0.225 e. The molecule has 3 unspecified atom stereocenters. The summed E-state index contributed by atoms with van der Waals surface area (Å²) in [5, 5.41) is 19.2. The molecule has 37 heavy (non-hydrogen) atoms. The van der Waals surface area contributed by atoms with E-state index in [4.69, 9.17) is 5.11 Å². The lowest BCUT2D eigenvalue weighted by molar-refractivity contribution is -0.133. The van der Waals surface area contributed by atoms with Crippen LogP contribution in [-0.2, 0) is 20.9 Å². The van der Waals surface area contributed by atoms with Crippen LogP contribution in [-0.4, -0.2) is 95.2 Å². The number of rotatable bonds is 13. The summed E-state index contributed by atoms with van der Waals surface area (Å²) in [6.45, 7) is -3.87. The molecule has 2 rings (SSSR count). The van der Waals surface area contributed by atoms with Crippen LogP contribution in [0.3, 0.4) is 0 Å². The molecule has 1 saturated heterocycles. The number of aliphatic hydroxyl groups is 1. The maximum absolute atomic E-state index is 12.9. The van der Waals surface area contributed by atoms with Crippen molar-refractivity contribution in [2.45, 2.75) is 57.6 Å². The summed E-state index contributed by atoms with van der Waals surface area (Å²) < 4.78 is 82.7. The fraction of sp³-hybridized carbons (Fsp3) is 0.750. The predicted molar refractivity (Wildman–Crippen MR) is 116 cm³/mol. The summed E-state index contributed by atoms with van der Waals surface area (Å²) in [6, 6.07) is 0. The molecule has 0 aliphatic carbocycles. The summed E-state index contributed by atoms with van der Waals surface area (Å²) in [5.41, 5.74) is 0.296. The van der Waals surface area contributed by atoms with E-state index in [1.165, 1.54) is 6.20 Å². The fourth-order valence-corrected chi connectivity index (χ4v) is 2.61. The highest BCUT2D eigenvalue weighted by Gasteiger charge is 2.27. The number of nitrogens with one attached hydrogen (secondary N) is 2. The minimum absolute atomic E-state index is 0.0326. The van der Waals surface area contributed by atoms with Gasteiger partial charge in [0, 0.05) is 32.4 Å². The van der Waals surface area contributed by atoms with Gasteiger partial charge in [-0.3, -0.25) is 14.4 Å². The van der Waals surface area contributed by atoms with Crippen LogP contribution < -0.4 is 10.6 Å². The van der Waals surface area contributed by atoms with E-state index >= 15 is 0 Å². The molecule has 3 amide bonds. The second-order valence-electron chi connectivity index (χ2n) is 7.32. The zero-order valence-corrected chi connectivity index (χ0v) is 19.9. The van der Waals surface area contributed by atoms with Gasteiger partial charge in [-0.1, -0.05) is 5.21 Å². The van der Waals surface area contributed by atoms with Gasteiger partial charge in [0.05, 0.1) is 12.7 Å². The first-order valence-electron chi connectivity index (χ1n) is 11.2. The summed E-state index contributed by atoms with van der Waals surface area (Å²) in [7, 11) is 0. The van der Waals surface area contributed by atoms with Gasteiger partial charge in [0.2, 0.25) is 36.7 Å². The highest BCUT2D eigenvalue weighted by Crippen LogP contribution is 2.14. The van der Waals surface area contributed by atoms with E-state index in [9.17, 15) is 45.1 Å². The van der Waals surface area contributed by atoms with Crippen molar-refractivity contribution in [3.8, 4) is 0 Å². The number of likely N-dealkylation sites (tertiary alicyclic amines) is 1. The standard InChI is InChI=1S/C12H18F3N5O2.C6H9F2NO.C2H4F2O/c13-4-5-16-11(21)2-1-3-12(22)17-7-9-8-20(19-18-9)10(15)6-14;7-4-5(8)9-3-1-2-6(9)10;3-1-2(4)5/h8,10H,1-7H2,(H,16,21)(H,17,22);5H,1-4H2;2,5H,1H2. The van der Waals surface area contributed by atoms with Crippen molar-refractivity contribution in [1.29, 1.82) is 0 Å². The van der Waals surface area contributed by atoms with Crippen LogP contribution in [0.15, 0.2) is 6.20 Å². The summed E-state index contributed by atoms with van der Waals surface area (Å²) >= 11 is 0.